The van der Waals surface area contributed by atoms with Crippen molar-refractivity contribution in [3.63, 3.8) is 0 Å². The van der Waals surface area contributed by atoms with E-state index in [1.54, 1.807) is 6.08 Å². The Morgan fingerprint density at radius 2 is 2.17 bits per heavy atom. The molecule has 1 atom stereocenters. The Morgan fingerprint density at radius 3 is 2.92 bits per heavy atom. The Balaban J connectivity index is 2.38. The highest BCUT2D eigenvalue weighted by atomic mass is 79.9. The first-order valence-electron chi connectivity index (χ1n) is 3.17. The van der Waals surface area contributed by atoms with E-state index in [1.165, 1.54) is 0 Å². The van der Waals surface area contributed by atoms with E-state index in [-0.39, 0.29) is 11.9 Å². The summed E-state index contributed by atoms with van der Waals surface area (Å²) in [5.41, 5.74) is 0.744. The summed E-state index contributed by atoms with van der Waals surface area (Å²) in [6, 6.07) is -0.196. The first kappa shape index (κ1) is 8.12. The van der Waals surface area contributed by atoms with E-state index in [1.807, 2.05) is 0 Å². The largest absolute Gasteiger partial charge is 0.337 e. The number of halogens is 2. The number of hydrogen-bond acceptors (Lipinski definition) is 3. The van der Waals surface area contributed by atoms with Crippen molar-refractivity contribution in [2.75, 3.05) is 0 Å². The second-order valence-corrected chi connectivity index (χ2v) is 4.01. The molecule has 0 saturated heterocycles. The van der Waals surface area contributed by atoms with Gasteiger partial charge in [0.25, 0.3) is 5.91 Å². The highest BCUT2D eigenvalue weighted by Crippen LogP contribution is 2.18. The lowest BCUT2D eigenvalue weighted by Gasteiger charge is -2.16. The van der Waals surface area contributed by atoms with Gasteiger partial charge >= 0.3 is 0 Å². The lowest BCUT2D eigenvalue weighted by molar-refractivity contribution is -0.116. The van der Waals surface area contributed by atoms with Gasteiger partial charge in [-0.2, -0.15) is 5.10 Å². The Morgan fingerprint density at radius 1 is 1.42 bits per heavy atom. The second kappa shape index (κ2) is 2.77. The molecule has 2 rings (SSSR count). The number of hydrogen-bond donors (Lipinski definition) is 1. The molecule has 12 heavy (non-hydrogen) atoms. The highest BCUT2D eigenvalue weighted by molar-refractivity contribution is 9.18. The molecular weight excluding hydrogens is 290 g/mol. The summed E-state index contributed by atoms with van der Waals surface area (Å²) < 4.78 is 1.12. The van der Waals surface area contributed by atoms with Crippen LogP contribution in [-0.4, -0.2) is 22.3 Å². The average Bonchev–Trinajstić information content (AvgIpc) is 2.35. The third kappa shape index (κ3) is 1.15. The maximum Gasteiger partial charge on any atom is 0.259 e. The Kier molecular flexibility index (Phi) is 1.88. The van der Waals surface area contributed by atoms with E-state index in [4.69, 9.17) is 0 Å². The maximum atomic E-state index is 11.1. The summed E-state index contributed by atoms with van der Waals surface area (Å²) in [5, 5.41) is 10.4. The SMILES string of the molecule is O=C1NC2C(Br)=NN=C2C=C1Br. The fraction of sp³-hybridized carbons (Fsp3) is 0.167. The van der Waals surface area contributed by atoms with Crippen molar-refractivity contribution in [1.82, 2.24) is 5.32 Å². The first-order chi connectivity index (χ1) is 5.68. The molecule has 0 aromatic carbocycles. The van der Waals surface area contributed by atoms with E-state index >= 15 is 0 Å². The van der Waals surface area contributed by atoms with Crippen LogP contribution in [0, 0.1) is 0 Å². The zero-order valence-electron chi connectivity index (χ0n) is 5.71. The molecule has 0 aliphatic carbocycles. The summed E-state index contributed by atoms with van der Waals surface area (Å²) in [4.78, 5) is 11.1. The minimum atomic E-state index is -0.196. The maximum absolute atomic E-state index is 11.1. The van der Waals surface area contributed by atoms with Crippen molar-refractivity contribution in [1.29, 1.82) is 0 Å². The van der Waals surface area contributed by atoms with Gasteiger partial charge in [0.1, 0.15) is 10.7 Å². The summed E-state index contributed by atoms with van der Waals surface area (Å²) in [5.74, 6) is -0.145. The van der Waals surface area contributed by atoms with Gasteiger partial charge in [-0.15, -0.1) is 5.10 Å². The number of carbonyl (C=O) groups excluding carboxylic acids is 1. The molecule has 0 bridgehead atoms. The molecule has 62 valence electrons. The molecule has 2 aliphatic rings. The van der Waals surface area contributed by atoms with Crippen molar-refractivity contribution >= 4 is 48.1 Å². The zero-order valence-corrected chi connectivity index (χ0v) is 8.89. The Labute approximate surface area is 85.1 Å². The highest BCUT2D eigenvalue weighted by Gasteiger charge is 2.30. The van der Waals surface area contributed by atoms with Crippen molar-refractivity contribution in [3.05, 3.63) is 10.6 Å². The number of amides is 1. The summed E-state index contributed by atoms with van der Waals surface area (Å²) >= 11 is 6.32. The number of nitrogens with zero attached hydrogens (tertiary/aromatic N) is 2. The van der Waals surface area contributed by atoms with Gasteiger partial charge in [-0.05, 0) is 37.9 Å². The van der Waals surface area contributed by atoms with E-state index in [9.17, 15) is 4.79 Å². The minimum absolute atomic E-state index is 0.145. The van der Waals surface area contributed by atoms with Crippen LogP contribution < -0.4 is 5.32 Å². The molecule has 2 aliphatic heterocycles. The fourth-order valence-corrected chi connectivity index (χ4v) is 1.76. The van der Waals surface area contributed by atoms with Crippen LogP contribution in [0.1, 0.15) is 0 Å². The van der Waals surface area contributed by atoms with E-state index in [0.717, 1.165) is 5.71 Å². The van der Waals surface area contributed by atoms with E-state index in [2.05, 4.69) is 47.4 Å². The van der Waals surface area contributed by atoms with Gasteiger partial charge in [-0.25, -0.2) is 0 Å². The normalized spacial score (nSPS) is 27.0. The third-order valence-corrected chi connectivity index (χ3v) is 2.77. The predicted molar refractivity (Wildman–Crippen MR) is 52.7 cm³/mol. The molecule has 6 heteroatoms. The molecule has 4 nitrogen and oxygen atoms in total. The standard InChI is InChI=1S/C6H3Br2N3O/c7-2-1-3-4(9-6(2)12)5(8)11-10-3/h1,4H,(H,9,12). The van der Waals surface area contributed by atoms with Crippen LogP contribution in [0.4, 0.5) is 0 Å². The fourth-order valence-electron chi connectivity index (χ4n) is 0.984. The summed E-state index contributed by atoms with van der Waals surface area (Å²) in [7, 11) is 0. The molecular formula is C6H3Br2N3O. The van der Waals surface area contributed by atoms with Crippen molar-refractivity contribution in [3.8, 4) is 0 Å². The molecule has 2 heterocycles. The molecule has 1 unspecified atom stereocenters. The Hall–Kier alpha value is -0.490. The van der Waals surface area contributed by atoms with Gasteiger partial charge in [-0.3, -0.25) is 4.79 Å². The molecule has 0 aromatic heterocycles. The summed E-state index contributed by atoms with van der Waals surface area (Å²) in [6.45, 7) is 0. The van der Waals surface area contributed by atoms with Crippen LogP contribution in [0.5, 0.6) is 0 Å². The van der Waals surface area contributed by atoms with Gasteiger partial charge in [0.2, 0.25) is 0 Å². The lowest BCUT2D eigenvalue weighted by atomic mass is 10.1. The molecule has 0 radical (unpaired) electrons. The first-order valence-corrected chi connectivity index (χ1v) is 4.76. The topological polar surface area (TPSA) is 53.8 Å². The van der Waals surface area contributed by atoms with Gasteiger partial charge in [0.05, 0.1) is 10.2 Å². The minimum Gasteiger partial charge on any atom is -0.337 e. The van der Waals surface area contributed by atoms with Gasteiger partial charge < -0.3 is 5.32 Å². The number of rotatable bonds is 0. The number of nitrogens with one attached hydrogen (secondary N) is 1. The van der Waals surface area contributed by atoms with Crippen LogP contribution in [0.2, 0.25) is 0 Å². The van der Waals surface area contributed by atoms with Gasteiger partial charge in [-0.1, -0.05) is 0 Å². The van der Waals surface area contributed by atoms with E-state index in [0.29, 0.717) is 9.10 Å². The van der Waals surface area contributed by atoms with Crippen LogP contribution >= 0.6 is 31.9 Å². The molecule has 1 N–H and O–H groups in total. The zero-order chi connectivity index (χ0) is 8.72. The molecule has 0 fully saturated rings. The molecule has 0 saturated carbocycles. The monoisotopic (exact) mass is 291 g/mol. The summed E-state index contributed by atoms with van der Waals surface area (Å²) in [6.07, 6.45) is 1.67. The Bertz CT molecular complexity index is 345. The van der Waals surface area contributed by atoms with Crippen molar-refractivity contribution in [2.45, 2.75) is 6.04 Å². The van der Waals surface area contributed by atoms with Gasteiger partial charge in [0, 0.05) is 0 Å². The van der Waals surface area contributed by atoms with E-state index < -0.39 is 0 Å². The van der Waals surface area contributed by atoms with Crippen molar-refractivity contribution < 1.29 is 4.79 Å². The molecule has 1 amide bonds. The predicted octanol–water partition coefficient (Wildman–Crippen LogP) is 0.927. The van der Waals surface area contributed by atoms with Crippen LogP contribution in [0.25, 0.3) is 0 Å². The quantitative estimate of drug-likeness (QED) is 0.709. The smallest absolute Gasteiger partial charge is 0.259 e. The average molecular weight is 293 g/mol. The lowest BCUT2D eigenvalue weighted by Crippen LogP contribution is -2.45. The molecule has 0 spiro atoms. The number of fused-ring (bicyclic) bond motifs is 1. The molecule has 0 aromatic rings. The van der Waals surface area contributed by atoms with Crippen LogP contribution in [0.15, 0.2) is 20.8 Å². The van der Waals surface area contributed by atoms with Crippen LogP contribution in [-0.2, 0) is 4.79 Å². The second-order valence-electron chi connectivity index (χ2n) is 2.35. The number of carbonyl (C=O) groups is 1. The van der Waals surface area contributed by atoms with Gasteiger partial charge in [0.15, 0.2) is 0 Å². The van der Waals surface area contributed by atoms with Crippen LogP contribution in [0.3, 0.4) is 0 Å². The van der Waals surface area contributed by atoms with Crippen molar-refractivity contribution in [2.24, 2.45) is 10.2 Å². The third-order valence-electron chi connectivity index (χ3n) is 1.56.